The Morgan fingerprint density at radius 1 is 0.926 bits per heavy atom. The lowest BCUT2D eigenvalue weighted by molar-refractivity contribution is -0.313. The minimum atomic E-state index is -1.22. The molecule has 0 heterocycles. The van der Waals surface area contributed by atoms with Gasteiger partial charge in [0.1, 0.15) is 0 Å². The van der Waals surface area contributed by atoms with E-state index in [0.29, 0.717) is 17.7 Å². The predicted octanol–water partition coefficient (Wildman–Crippen LogP) is 2.02. The molecule has 0 aliphatic heterocycles. The van der Waals surface area contributed by atoms with Crippen molar-refractivity contribution in [2.24, 2.45) is 11.8 Å². The van der Waals surface area contributed by atoms with E-state index in [9.17, 15) is 19.5 Å². The van der Waals surface area contributed by atoms with Crippen molar-refractivity contribution in [3.05, 3.63) is 42.0 Å². The Bertz CT molecular complexity index is 737. The number of carbonyl (C=O) groups excluding carboxylic acids is 3. The zero-order valence-electron chi connectivity index (χ0n) is 15.3. The van der Waals surface area contributed by atoms with E-state index in [1.54, 1.807) is 30.3 Å². The Balaban J connectivity index is 1.71. The fraction of sp³-hybridized carbons (Fsp3) is 0.476. The Morgan fingerprint density at radius 3 is 2.30 bits per heavy atom. The summed E-state index contributed by atoms with van der Waals surface area (Å²) in [5.41, 5.74) is 0.801. The summed E-state index contributed by atoms with van der Waals surface area (Å²) in [6.45, 7) is 0. The van der Waals surface area contributed by atoms with Crippen molar-refractivity contribution in [3.63, 3.8) is 0 Å². The van der Waals surface area contributed by atoms with Crippen molar-refractivity contribution in [2.45, 2.75) is 51.0 Å². The number of hydrogen-bond donors (Lipinski definition) is 2. The van der Waals surface area contributed by atoms with E-state index < -0.39 is 23.7 Å². The largest absolute Gasteiger partial charge is 0.550 e. The molecule has 3 rings (SSSR count). The second kappa shape index (κ2) is 8.84. The fourth-order valence-electron chi connectivity index (χ4n) is 3.89. The first-order valence-electron chi connectivity index (χ1n) is 9.63. The van der Waals surface area contributed by atoms with Crippen LogP contribution in [0, 0.1) is 11.8 Å². The highest BCUT2D eigenvalue weighted by atomic mass is 16.4. The summed E-state index contributed by atoms with van der Waals surface area (Å²) in [7, 11) is 0. The van der Waals surface area contributed by atoms with Crippen LogP contribution in [0.25, 0.3) is 0 Å². The lowest BCUT2D eigenvalue weighted by Gasteiger charge is -2.28. The van der Waals surface area contributed by atoms with Gasteiger partial charge in [0.15, 0.2) is 0 Å². The van der Waals surface area contributed by atoms with Crippen molar-refractivity contribution in [1.82, 2.24) is 5.32 Å². The molecule has 1 fully saturated rings. The van der Waals surface area contributed by atoms with Crippen LogP contribution in [-0.2, 0) is 9.59 Å². The van der Waals surface area contributed by atoms with E-state index >= 15 is 0 Å². The zero-order chi connectivity index (χ0) is 19.2. The first kappa shape index (κ1) is 19.1. The van der Waals surface area contributed by atoms with Gasteiger partial charge >= 0.3 is 0 Å². The minimum Gasteiger partial charge on any atom is -0.550 e. The number of benzene rings is 1. The van der Waals surface area contributed by atoms with Crippen LogP contribution in [0.5, 0.6) is 0 Å². The van der Waals surface area contributed by atoms with Gasteiger partial charge in [0.25, 0.3) is 5.91 Å². The number of nitrogens with one attached hydrogen (secondary N) is 2. The molecule has 27 heavy (non-hydrogen) atoms. The van der Waals surface area contributed by atoms with Crippen molar-refractivity contribution in [1.29, 1.82) is 0 Å². The van der Waals surface area contributed by atoms with E-state index in [1.807, 2.05) is 6.08 Å². The van der Waals surface area contributed by atoms with Gasteiger partial charge in [0.2, 0.25) is 5.91 Å². The number of anilines is 1. The Hall–Kier alpha value is -2.63. The van der Waals surface area contributed by atoms with Gasteiger partial charge in [-0.05, 0) is 37.8 Å². The van der Waals surface area contributed by atoms with Crippen molar-refractivity contribution >= 4 is 23.5 Å². The van der Waals surface area contributed by atoms with E-state index in [4.69, 9.17) is 0 Å². The molecule has 2 aliphatic rings. The maximum atomic E-state index is 12.7. The van der Waals surface area contributed by atoms with Crippen LogP contribution >= 0.6 is 0 Å². The second-order valence-electron chi connectivity index (χ2n) is 7.32. The quantitative estimate of drug-likeness (QED) is 0.776. The van der Waals surface area contributed by atoms with Gasteiger partial charge in [-0.1, -0.05) is 43.5 Å². The van der Waals surface area contributed by atoms with Gasteiger partial charge in [0.05, 0.1) is 17.2 Å². The smallest absolute Gasteiger partial charge is 0.253 e. The first-order chi connectivity index (χ1) is 13.1. The Kier molecular flexibility index (Phi) is 6.27. The molecule has 2 unspecified atom stereocenters. The number of carbonyl (C=O) groups is 3. The van der Waals surface area contributed by atoms with Crippen LogP contribution in [0.3, 0.4) is 0 Å². The molecule has 6 nitrogen and oxygen atoms in total. The number of amides is 2. The van der Waals surface area contributed by atoms with Crippen molar-refractivity contribution in [2.75, 3.05) is 5.32 Å². The number of rotatable bonds is 5. The summed E-state index contributed by atoms with van der Waals surface area (Å²) in [4.78, 5) is 36.7. The molecule has 1 aromatic rings. The standard InChI is InChI=1S/C21H26N2O4/c24-19(15-10-4-5-11-16(15)21(26)27)23-18-13-7-6-12-17(18)20(25)22-14-8-2-1-3-9-14/h4-7,12-16H,1-3,8-11H2,(H,22,25)(H,23,24)(H,26,27)/p-1. The molecule has 2 N–H and O–H groups in total. The normalized spacial score (nSPS) is 22.8. The molecule has 2 atom stereocenters. The Morgan fingerprint density at radius 2 is 1.59 bits per heavy atom. The first-order valence-corrected chi connectivity index (χ1v) is 9.63. The van der Waals surface area contributed by atoms with Gasteiger partial charge < -0.3 is 20.5 Å². The third-order valence-corrected chi connectivity index (χ3v) is 5.44. The summed E-state index contributed by atoms with van der Waals surface area (Å²) in [5, 5.41) is 17.1. The number of hydrogen-bond acceptors (Lipinski definition) is 4. The number of carboxylic acid groups (broad SMARTS) is 1. The van der Waals surface area contributed by atoms with Crippen LogP contribution in [0.15, 0.2) is 36.4 Å². The van der Waals surface area contributed by atoms with Gasteiger partial charge in [-0.15, -0.1) is 0 Å². The van der Waals surface area contributed by atoms with Gasteiger partial charge in [0, 0.05) is 17.9 Å². The molecule has 0 aromatic heterocycles. The molecule has 0 radical (unpaired) electrons. The summed E-state index contributed by atoms with van der Waals surface area (Å²) < 4.78 is 0. The average molecular weight is 369 g/mol. The van der Waals surface area contributed by atoms with Crippen LogP contribution in [0.2, 0.25) is 0 Å². The number of allylic oxidation sites excluding steroid dienone is 2. The second-order valence-corrected chi connectivity index (χ2v) is 7.32. The number of para-hydroxylation sites is 1. The van der Waals surface area contributed by atoms with Crippen LogP contribution in [0.1, 0.15) is 55.3 Å². The lowest BCUT2D eigenvalue weighted by atomic mass is 9.82. The number of aliphatic carboxylic acids is 1. The van der Waals surface area contributed by atoms with Gasteiger partial charge in [-0.2, -0.15) is 0 Å². The highest BCUT2D eigenvalue weighted by molar-refractivity contribution is 6.04. The van der Waals surface area contributed by atoms with E-state index in [0.717, 1.165) is 25.7 Å². The number of carboxylic acids is 1. The van der Waals surface area contributed by atoms with E-state index in [1.165, 1.54) is 6.42 Å². The highest BCUT2D eigenvalue weighted by Gasteiger charge is 2.30. The molecule has 2 aliphatic carbocycles. The SMILES string of the molecule is O=C(NC1CCCCC1)c1ccccc1NC(=O)C1CC=CCC1C(=O)[O-]. The molecule has 0 saturated heterocycles. The average Bonchev–Trinajstić information content (AvgIpc) is 2.69. The van der Waals surface area contributed by atoms with Gasteiger partial charge in [-0.3, -0.25) is 9.59 Å². The molecule has 0 bridgehead atoms. The monoisotopic (exact) mass is 369 g/mol. The van der Waals surface area contributed by atoms with E-state index in [-0.39, 0.29) is 18.4 Å². The van der Waals surface area contributed by atoms with Crippen LogP contribution in [0.4, 0.5) is 5.69 Å². The molecular formula is C21H25N2O4-. The van der Waals surface area contributed by atoms with Crippen LogP contribution < -0.4 is 15.7 Å². The van der Waals surface area contributed by atoms with Crippen LogP contribution in [-0.4, -0.2) is 23.8 Å². The topological polar surface area (TPSA) is 98.3 Å². The minimum absolute atomic E-state index is 0.168. The van der Waals surface area contributed by atoms with Crippen molar-refractivity contribution in [3.8, 4) is 0 Å². The fourth-order valence-corrected chi connectivity index (χ4v) is 3.89. The molecule has 0 spiro atoms. The highest BCUT2D eigenvalue weighted by Crippen LogP contribution is 2.27. The third-order valence-electron chi connectivity index (χ3n) is 5.44. The third kappa shape index (κ3) is 4.76. The summed E-state index contributed by atoms with van der Waals surface area (Å²) in [5.74, 6) is -3.38. The summed E-state index contributed by atoms with van der Waals surface area (Å²) >= 11 is 0. The van der Waals surface area contributed by atoms with Crippen molar-refractivity contribution < 1.29 is 19.5 Å². The molecule has 6 heteroatoms. The molecule has 1 saturated carbocycles. The Labute approximate surface area is 159 Å². The van der Waals surface area contributed by atoms with E-state index in [2.05, 4.69) is 10.6 Å². The zero-order valence-corrected chi connectivity index (χ0v) is 15.3. The molecule has 2 amide bonds. The molecule has 144 valence electrons. The molecular weight excluding hydrogens is 344 g/mol. The maximum absolute atomic E-state index is 12.7. The predicted molar refractivity (Wildman–Crippen MR) is 99.8 cm³/mol. The van der Waals surface area contributed by atoms with Gasteiger partial charge in [-0.25, -0.2) is 0 Å². The summed E-state index contributed by atoms with van der Waals surface area (Å²) in [6, 6.07) is 6.99. The maximum Gasteiger partial charge on any atom is 0.253 e. The molecule has 1 aromatic carbocycles. The summed E-state index contributed by atoms with van der Waals surface area (Å²) in [6.07, 6.45) is 9.58. The lowest BCUT2D eigenvalue weighted by Crippen LogP contribution is -2.42.